The molecule has 0 spiro atoms. The standard InChI is InChI=1S/C16H18FNO3/c1-2-9-18(11-16(19)20)10-14-7-8-15(21-14)12-3-5-13(17)6-4-12/h3-8H,2,9-11H2,1H3,(H,19,20). The van der Waals surface area contributed by atoms with Crippen LogP contribution in [-0.2, 0) is 11.3 Å². The van der Waals surface area contributed by atoms with Gasteiger partial charge in [-0.3, -0.25) is 9.69 Å². The van der Waals surface area contributed by atoms with Gasteiger partial charge < -0.3 is 9.52 Å². The third-order valence-corrected chi connectivity index (χ3v) is 3.07. The van der Waals surface area contributed by atoms with Crippen LogP contribution in [0.2, 0.25) is 0 Å². The second-order valence-corrected chi connectivity index (χ2v) is 4.88. The van der Waals surface area contributed by atoms with Crippen LogP contribution in [0.25, 0.3) is 11.3 Å². The molecule has 2 aromatic rings. The summed E-state index contributed by atoms with van der Waals surface area (Å²) in [6, 6.07) is 9.70. The normalized spacial score (nSPS) is 11.0. The Morgan fingerprint density at radius 1 is 1.24 bits per heavy atom. The van der Waals surface area contributed by atoms with Crippen LogP contribution in [0, 0.1) is 5.82 Å². The highest BCUT2D eigenvalue weighted by atomic mass is 19.1. The summed E-state index contributed by atoms with van der Waals surface area (Å²) in [5, 5.41) is 8.89. The molecule has 1 N–H and O–H groups in total. The molecule has 0 aliphatic carbocycles. The first-order valence-electron chi connectivity index (χ1n) is 6.87. The lowest BCUT2D eigenvalue weighted by atomic mass is 10.2. The van der Waals surface area contributed by atoms with E-state index in [9.17, 15) is 9.18 Å². The minimum Gasteiger partial charge on any atom is -0.480 e. The van der Waals surface area contributed by atoms with Crippen molar-refractivity contribution in [3.05, 3.63) is 48.0 Å². The number of carboxylic acid groups (broad SMARTS) is 1. The van der Waals surface area contributed by atoms with Gasteiger partial charge in [-0.15, -0.1) is 0 Å². The zero-order valence-electron chi connectivity index (χ0n) is 11.9. The Morgan fingerprint density at radius 3 is 2.57 bits per heavy atom. The largest absolute Gasteiger partial charge is 0.480 e. The fraction of sp³-hybridized carbons (Fsp3) is 0.312. The molecular formula is C16H18FNO3. The van der Waals surface area contributed by atoms with Crippen LogP contribution in [-0.4, -0.2) is 29.1 Å². The molecule has 0 saturated carbocycles. The number of carbonyl (C=O) groups is 1. The van der Waals surface area contributed by atoms with Crippen molar-refractivity contribution in [3.8, 4) is 11.3 Å². The van der Waals surface area contributed by atoms with Gasteiger partial charge in [-0.2, -0.15) is 0 Å². The zero-order valence-corrected chi connectivity index (χ0v) is 11.9. The van der Waals surface area contributed by atoms with Gasteiger partial charge >= 0.3 is 5.97 Å². The summed E-state index contributed by atoms with van der Waals surface area (Å²) < 4.78 is 18.6. The summed E-state index contributed by atoms with van der Waals surface area (Å²) in [5.74, 6) is 0.204. The molecule has 0 aliphatic rings. The summed E-state index contributed by atoms with van der Waals surface area (Å²) >= 11 is 0. The fourth-order valence-electron chi connectivity index (χ4n) is 2.17. The summed E-state index contributed by atoms with van der Waals surface area (Å²) in [6.45, 7) is 3.13. The number of halogens is 1. The Morgan fingerprint density at radius 2 is 1.95 bits per heavy atom. The third-order valence-electron chi connectivity index (χ3n) is 3.07. The van der Waals surface area contributed by atoms with E-state index in [1.165, 1.54) is 12.1 Å². The van der Waals surface area contributed by atoms with Crippen LogP contribution in [0.5, 0.6) is 0 Å². The number of furan rings is 1. The third kappa shape index (κ3) is 4.43. The Balaban J connectivity index is 2.07. The number of carboxylic acids is 1. The molecule has 0 aliphatic heterocycles. The van der Waals surface area contributed by atoms with Gasteiger partial charge in [-0.1, -0.05) is 6.92 Å². The maximum atomic E-state index is 12.9. The highest BCUT2D eigenvalue weighted by Gasteiger charge is 2.12. The van der Waals surface area contributed by atoms with E-state index in [1.807, 2.05) is 24.0 Å². The molecule has 1 aromatic carbocycles. The topological polar surface area (TPSA) is 53.7 Å². The Labute approximate surface area is 122 Å². The van der Waals surface area contributed by atoms with E-state index in [-0.39, 0.29) is 12.4 Å². The molecule has 21 heavy (non-hydrogen) atoms. The van der Waals surface area contributed by atoms with Gasteiger partial charge in [0.25, 0.3) is 0 Å². The average Bonchev–Trinajstić information content (AvgIpc) is 2.87. The molecule has 0 atom stereocenters. The van der Waals surface area contributed by atoms with Gasteiger partial charge in [0.05, 0.1) is 13.1 Å². The lowest BCUT2D eigenvalue weighted by Crippen LogP contribution is -2.29. The highest BCUT2D eigenvalue weighted by Crippen LogP contribution is 2.23. The maximum Gasteiger partial charge on any atom is 0.317 e. The van der Waals surface area contributed by atoms with E-state index >= 15 is 0 Å². The van der Waals surface area contributed by atoms with Crippen molar-refractivity contribution >= 4 is 5.97 Å². The Bertz CT molecular complexity index is 592. The molecule has 4 nitrogen and oxygen atoms in total. The number of hydrogen-bond acceptors (Lipinski definition) is 3. The van der Waals surface area contributed by atoms with Crippen molar-refractivity contribution in [1.82, 2.24) is 4.90 Å². The number of aliphatic carboxylic acids is 1. The summed E-state index contributed by atoms with van der Waals surface area (Å²) in [6.07, 6.45) is 0.874. The molecule has 1 aromatic heterocycles. The van der Waals surface area contributed by atoms with Crippen molar-refractivity contribution in [3.63, 3.8) is 0 Å². The monoisotopic (exact) mass is 291 g/mol. The average molecular weight is 291 g/mol. The molecule has 1 heterocycles. The van der Waals surface area contributed by atoms with Crippen molar-refractivity contribution in [2.45, 2.75) is 19.9 Å². The first kappa shape index (κ1) is 15.3. The number of benzene rings is 1. The van der Waals surface area contributed by atoms with E-state index in [1.54, 1.807) is 12.1 Å². The van der Waals surface area contributed by atoms with Crippen molar-refractivity contribution in [2.24, 2.45) is 0 Å². The Kier molecular flexibility index (Phi) is 5.11. The van der Waals surface area contributed by atoms with E-state index in [4.69, 9.17) is 9.52 Å². The van der Waals surface area contributed by atoms with E-state index in [0.29, 0.717) is 24.6 Å². The van der Waals surface area contributed by atoms with Gasteiger partial charge in [-0.25, -0.2) is 4.39 Å². The molecule has 2 rings (SSSR count). The van der Waals surface area contributed by atoms with E-state index in [0.717, 1.165) is 12.0 Å². The molecular weight excluding hydrogens is 273 g/mol. The molecule has 0 unspecified atom stereocenters. The molecule has 0 amide bonds. The van der Waals surface area contributed by atoms with Gasteiger partial charge in [0.1, 0.15) is 17.3 Å². The predicted octanol–water partition coefficient (Wildman–Crippen LogP) is 3.38. The van der Waals surface area contributed by atoms with Crippen molar-refractivity contribution < 1.29 is 18.7 Å². The summed E-state index contributed by atoms with van der Waals surface area (Å²) in [7, 11) is 0. The van der Waals surface area contributed by atoms with Gasteiger partial charge in [-0.05, 0) is 49.4 Å². The molecule has 0 bridgehead atoms. The second-order valence-electron chi connectivity index (χ2n) is 4.88. The van der Waals surface area contributed by atoms with Crippen LogP contribution in [0.4, 0.5) is 4.39 Å². The second kappa shape index (κ2) is 7.04. The van der Waals surface area contributed by atoms with Crippen LogP contribution in [0.1, 0.15) is 19.1 Å². The zero-order chi connectivity index (χ0) is 15.2. The first-order valence-corrected chi connectivity index (χ1v) is 6.87. The van der Waals surface area contributed by atoms with E-state index < -0.39 is 5.97 Å². The minimum atomic E-state index is -0.853. The lowest BCUT2D eigenvalue weighted by molar-refractivity contribution is -0.138. The van der Waals surface area contributed by atoms with Crippen molar-refractivity contribution in [1.29, 1.82) is 0 Å². The molecule has 5 heteroatoms. The Hall–Kier alpha value is -2.14. The van der Waals surface area contributed by atoms with Crippen LogP contribution >= 0.6 is 0 Å². The minimum absolute atomic E-state index is 0.0135. The number of rotatable bonds is 7. The molecule has 0 saturated heterocycles. The maximum absolute atomic E-state index is 12.9. The van der Waals surface area contributed by atoms with Gasteiger partial charge in [0.2, 0.25) is 0 Å². The summed E-state index contributed by atoms with van der Waals surface area (Å²) in [5.41, 5.74) is 0.794. The quantitative estimate of drug-likeness (QED) is 0.849. The predicted molar refractivity (Wildman–Crippen MR) is 77.3 cm³/mol. The molecule has 112 valence electrons. The first-order chi connectivity index (χ1) is 10.1. The summed E-state index contributed by atoms with van der Waals surface area (Å²) in [4.78, 5) is 12.6. The van der Waals surface area contributed by atoms with Crippen LogP contribution < -0.4 is 0 Å². The SMILES string of the molecule is CCCN(CC(=O)O)Cc1ccc(-c2ccc(F)cc2)o1. The highest BCUT2D eigenvalue weighted by molar-refractivity contribution is 5.69. The van der Waals surface area contributed by atoms with Gasteiger partial charge in [0, 0.05) is 5.56 Å². The number of nitrogens with zero attached hydrogens (tertiary/aromatic N) is 1. The fourth-order valence-corrected chi connectivity index (χ4v) is 2.17. The van der Waals surface area contributed by atoms with Crippen LogP contribution in [0.15, 0.2) is 40.8 Å². The van der Waals surface area contributed by atoms with Crippen molar-refractivity contribution in [2.75, 3.05) is 13.1 Å². The van der Waals surface area contributed by atoms with E-state index in [2.05, 4.69) is 0 Å². The lowest BCUT2D eigenvalue weighted by Gasteiger charge is -2.17. The smallest absolute Gasteiger partial charge is 0.317 e. The van der Waals surface area contributed by atoms with Crippen LogP contribution in [0.3, 0.4) is 0 Å². The molecule has 0 fully saturated rings. The van der Waals surface area contributed by atoms with Gasteiger partial charge in [0.15, 0.2) is 0 Å². The number of hydrogen-bond donors (Lipinski definition) is 1. The molecule has 0 radical (unpaired) electrons.